The summed E-state index contributed by atoms with van der Waals surface area (Å²) in [6, 6.07) is 18.2. The van der Waals surface area contributed by atoms with Crippen LogP contribution in [0.1, 0.15) is 25.2 Å². The zero-order valence-electron chi connectivity index (χ0n) is 14.1. The number of ether oxygens (including phenoxy) is 1. The summed E-state index contributed by atoms with van der Waals surface area (Å²) in [6.07, 6.45) is 0. The van der Waals surface area contributed by atoms with Crippen LogP contribution in [0.3, 0.4) is 0 Å². The summed E-state index contributed by atoms with van der Waals surface area (Å²) in [6.45, 7) is 6.76. The summed E-state index contributed by atoms with van der Waals surface area (Å²) in [5, 5.41) is 10.0. The molecule has 0 saturated carbocycles. The van der Waals surface area contributed by atoms with Crippen molar-refractivity contribution in [2.45, 2.75) is 37.8 Å². The molecule has 0 unspecified atom stereocenters. The second-order valence-corrected chi connectivity index (χ2v) is 7.38. The van der Waals surface area contributed by atoms with E-state index in [0.717, 1.165) is 22.4 Å². The van der Waals surface area contributed by atoms with Crippen LogP contribution in [-0.2, 0) is 6.61 Å². The van der Waals surface area contributed by atoms with Gasteiger partial charge in [0, 0.05) is 10.9 Å². The van der Waals surface area contributed by atoms with Crippen molar-refractivity contribution in [1.29, 1.82) is 0 Å². The van der Waals surface area contributed by atoms with E-state index in [1.807, 2.05) is 30.3 Å². The van der Waals surface area contributed by atoms with Gasteiger partial charge in [0.15, 0.2) is 11.0 Å². The summed E-state index contributed by atoms with van der Waals surface area (Å²) in [5.74, 6) is 1.62. The summed E-state index contributed by atoms with van der Waals surface area (Å²) < 4.78 is 7.94. The van der Waals surface area contributed by atoms with Crippen molar-refractivity contribution in [2.75, 3.05) is 0 Å². The lowest BCUT2D eigenvalue weighted by Gasteiger charge is -2.12. The van der Waals surface area contributed by atoms with E-state index in [-0.39, 0.29) is 0 Å². The average Bonchev–Trinajstić information content (AvgIpc) is 2.96. The highest BCUT2D eigenvalue weighted by atomic mass is 32.2. The molecule has 0 spiro atoms. The number of rotatable bonds is 6. The molecule has 24 heavy (non-hydrogen) atoms. The first kappa shape index (κ1) is 16.6. The Bertz CT molecular complexity index is 782. The van der Waals surface area contributed by atoms with Crippen molar-refractivity contribution >= 4 is 11.8 Å². The third-order valence-corrected chi connectivity index (χ3v) is 4.39. The molecule has 0 aliphatic heterocycles. The molecule has 4 nitrogen and oxygen atoms in total. The molecule has 0 fully saturated rings. The third kappa shape index (κ3) is 3.97. The quantitative estimate of drug-likeness (QED) is 0.613. The Morgan fingerprint density at radius 3 is 2.38 bits per heavy atom. The van der Waals surface area contributed by atoms with Gasteiger partial charge in [0.2, 0.25) is 0 Å². The fourth-order valence-electron chi connectivity index (χ4n) is 2.30. The highest BCUT2D eigenvalue weighted by molar-refractivity contribution is 7.99. The molecule has 0 bridgehead atoms. The first-order chi connectivity index (χ1) is 11.6. The predicted molar refractivity (Wildman–Crippen MR) is 97.9 cm³/mol. The van der Waals surface area contributed by atoms with E-state index < -0.39 is 0 Å². The Morgan fingerprint density at radius 2 is 1.71 bits per heavy atom. The Morgan fingerprint density at radius 1 is 1.00 bits per heavy atom. The van der Waals surface area contributed by atoms with E-state index in [1.54, 1.807) is 11.8 Å². The number of aryl methyl sites for hydroxylation is 1. The molecule has 0 saturated heterocycles. The Balaban J connectivity index is 1.90. The van der Waals surface area contributed by atoms with Gasteiger partial charge in [-0.2, -0.15) is 0 Å². The molecule has 0 aliphatic rings. The smallest absolute Gasteiger partial charge is 0.196 e. The van der Waals surface area contributed by atoms with Crippen LogP contribution in [0.5, 0.6) is 5.75 Å². The minimum absolute atomic E-state index is 0.379. The molecule has 5 heteroatoms. The number of nitrogens with zero attached hydrogens (tertiary/aromatic N) is 3. The fourth-order valence-corrected chi connectivity index (χ4v) is 3.12. The SMILES string of the molecule is Cc1ccc(-n2c(COc3ccccc3)nnc2SC(C)C)cc1. The number of thioether (sulfide) groups is 1. The van der Waals surface area contributed by atoms with Gasteiger partial charge in [0.25, 0.3) is 0 Å². The lowest BCUT2D eigenvalue weighted by atomic mass is 10.2. The average molecular weight is 339 g/mol. The lowest BCUT2D eigenvalue weighted by Crippen LogP contribution is -2.07. The van der Waals surface area contributed by atoms with Crippen LogP contribution in [0, 0.1) is 6.92 Å². The highest BCUT2D eigenvalue weighted by Gasteiger charge is 2.16. The molecule has 1 aromatic heterocycles. The van der Waals surface area contributed by atoms with Crippen molar-refractivity contribution in [3.8, 4) is 11.4 Å². The van der Waals surface area contributed by atoms with Crippen molar-refractivity contribution in [3.05, 3.63) is 66.0 Å². The van der Waals surface area contributed by atoms with Gasteiger partial charge in [-0.25, -0.2) is 0 Å². The molecule has 0 atom stereocenters. The number of para-hydroxylation sites is 1. The van der Waals surface area contributed by atoms with Gasteiger partial charge >= 0.3 is 0 Å². The molecule has 1 heterocycles. The molecule has 0 radical (unpaired) electrons. The predicted octanol–water partition coefficient (Wildman–Crippen LogP) is 4.66. The summed E-state index contributed by atoms with van der Waals surface area (Å²) in [4.78, 5) is 0. The standard InChI is InChI=1S/C19H21N3OS/c1-14(2)24-19-21-20-18(13-23-17-7-5-4-6-8-17)22(19)16-11-9-15(3)10-12-16/h4-12,14H,13H2,1-3H3. The Hall–Kier alpha value is -2.27. The van der Waals surface area contributed by atoms with Crippen molar-refractivity contribution in [1.82, 2.24) is 14.8 Å². The van der Waals surface area contributed by atoms with E-state index in [2.05, 4.69) is 59.8 Å². The largest absolute Gasteiger partial charge is 0.486 e. The zero-order chi connectivity index (χ0) is 16.9. The number of aromatic nitrogens is 3. The normalized spacial score (nSPS) is 11.0. The van der Waals surface area contributed by atoms with E-state index >= 15 is 0 Å². The number of hydrogen-bond donors (Lipinski definition) is 0. The van der Waals surface area contributed by atoms with Crippen LogP contribution in [-0.4, -0.2) is 20.0 Å². The van der Waals surface area contributed by atoms with E-state index in [9.17, 15) is 0 Å². The van der Waals surface area contributed by atoms with Gasteiger partial charge in [-0.3, -0.25) is 4.57 Å². The van der Waals surface area contributed by atoms with Crippen molar-refractivity contribution < 1.29 is 4.74 Å². The van der Waals surface area contributed by atoms with Gasteiger partial charge in [0.05, 0.1) is 0 Å². The number of benzene rings is 2. The first-order valence-corrected chi connectivity index (χ1v) is 8.87. The molecule has 124 valence electrons. The molecule has 0 aliphatic carbocycles. The van der Waals surface area contributed by atoms with Crippen LogP contribution in [0.15, 0.2) is 59.8 Å². The topological polar surface area (TPSA) is 39.9 Å². The summed E-state index contributed by atoms with van der Waals surface area (Å²) >= 11 is 1.70. The van der Waals surface area contributed by atoms with Crippen LogP contribution < -0.4 is 4.74 Å². The van der Waals surface area contributed by atoms with Crippen molar-refractivity contribution in [2.24, 2.45) is 0 Å². The Labute approximate surface area is 146 Å². The summed E-state index contributed by atoms with van der Waals surface area (Å²) in [5.41, 5.74) is 2.28. The molecule has 3 aromatic rings. The summed E-state index contributed by atoms with van der Waals surface area (Å²) in [7, 11) is 0. The molecular formula is C19H21N3OS. The molecule has 0 N–H and O–H groups in total. The van der Waals surface area contributed by atoms with Crippen LogP contribution in [0.4, 0.5) is 0 Å². The second kappa shape index (κ2) is 7.53. The second-order valence-electron chi connectivity index (χ2n) is 5.84. The zero-order valence-corrected chi connectivity index (χ0v) is 15.0. The first-order valence-electron chi connectivity index (χ1n) is 7.99. The monoisotopic (exact) mass is 339 g/mol. The minimum atomic E-state index is 0.379. The third-order valence-electron chi connectivity index (χ3n) is 3.44. The van der Waals surface area contributed by atoms with E-state index in [1.165, 1.54) is 5.56 Å². The van der Waals surface area contributed by atoms with Gasteiger partial charge in [0.1, 0.15) is 12.4 Å². The number of hydrogen-bond acceptors (Lipinski definition) is 4. The van der Waals surface area contributed by atoms with Gasteiger partial charge in [-0.05, 0) is 31.2 Å². The van der Waals surface area contributed by atoms with Crippen molar-refractivity contribution in [3.63, 3.8) is 0 Å². The molecule has 0 amide bonds. The van der Waals surface area contributed by atoms with Crippen LogP contribution in [0.25, 0.3) is 5.69 Å². The fraction of sp³-hybridized carbons (Fsp3) is 0.263. The maximum Gasteiger partial charge on any atom is 0.196 e. The molecular weight excluding hydrogens is 318 g/mol. The van der Waals surface area contributed by atoms with Gasteiger partial charge < -0.3 is 4.74 Å². The Kier molecular flexibility index (Phi) is 5.20. The maximum atomic E-state index is 5.86. The lowest BCUT2D eigenvalue weighted by molar-refractivity contribution is 0.293. The van der Waals surface area contributed by atoms with Gasteiger partial charge in [-0.1, -0.05) is 61.5 Å². The highest BCUT2D eigenvalue weighted by Crippen LogP contribution is 2.26. The van der Waals surface area contributed by atoms with Gasteiger partial charge in [-0.15, -0.1) is 10.2 Å². The maximum absolute atomic E-state index is 5.86. The molecule has 2 aromatic carbocycles. The minimum Gasteiger partial charge on any atom is -0.486 e. The van der Waals surface area contributed by atoms with E-state index in [0.29, 0.717) is 11.9 Å². The van der Waals surface area contributed by atoms with Crippen LogP contribution in [0.2, 0.25) is 0 Å². The molecule has 3 rings (SSSR count). The van der Waals surface area contributed by atoms with E-state index in [4.69, 9.17) is 4.74 Å². The van der Waals surface area contributed by atoms with Crippen LogP contribution >= 0.6 is 11.8 Å².